The van der Waals surface area contributed by atoms with Crippen LogP contribution in [0.5, 0.6) is 5.75 Å². The summed E-state index contributed by atoms with van der Waals surface area (Å²) >= 11 is 0. The van der Waals surface area contributed by atoms with Gasteiger partial charge in [-0.15, -0.1) is 0 Å². The van der Waals surface area contributed by atoms with Crippen LogP contribution in [0.1, 0.15) is 22.3 Å². The third kappa shape index (κ3) is 7.81. The van der Waals surface area contributed by atoms with E-state index in [1.165, 1.54) is 31.2 Å². The van der Waals surface area contributed by atoms with Gasteiger partial charge in [0.25, 0.3) is 10.0 Å². The minimum absolute atomic E-state index is 0.0129. The van der Waals surface area contributed by atoms with Gasteiger partial charge in [0.2, 0.25) is 11.8 Å². The summed E-state index contributed by atoms with van der Waals surface area (Å²) in [4.78, 5) is 29.1. The van der Waals surface area contributed by atoms with E-state index >= 15 is 0 Å². The third-order valence-corrected chi connectivity index (χ3v) is 9.03. The number of methoxy groups -OCH3 is 1. The van der Waals surface area contributed by atoms with E-state index in [0.717, 1.165) is 26.6 Å². The van der Waals surface area contributed by atoms with Crippen molar-refractivity contribution in [3.63, 3.8) is 0 Å². The second-order valence-electron chi connectivity index (χ2n) is 10.3. The number of ether oxygens (including phenoxy) is 1. The number of aryl methyl sites for hydroxylation is 2. The number of carbonyl (C=O) groups is 2. The molecule has 0 heterocycles. The Hall–Kier alpha value is -4.63. The Morgan fingerprint density at radius 3 is 1.93 bits per heavy atom. The average molecular weight is 600 g/mol. The summed E-state index contributed by atoms with van der Waals surface area (Å²) in [6, 6.07) is 29.2. The molecule has 4 rings (SSSR count). The molecule has 0 radical (unpaired) electrons. The number of hydrogen-bond donors (Lipinski definition) is 1. The topological polar surface area (TPSA) is 96.0 Å². The van der Waals surface area contributed by atoms with Crippen molar-refractivity contribution >= 4 is 27.5 Å². The summed E-state index contributed by atoms with van der Waals surface area (Å²) in [5.74, 6) is -0.345. The van der Waals surface area contributed by atoms with Crippen molar-refractivity contribution < 1.29 is 22.7 Å². The number of sulfonamides is 1. The van der Waals surface area contributed by atoms with Gasteiger partial charge in [0, 0.05) is 20.0 Å². The van der Waals surface area contributed by atoms with Gasteiger partial charge in [-0.2, -0.15) is 0 Å². The van der Waals surface area contributed by atoms with E-state index in [1.807, 2.05) is 68.4 Å². The van der Waals surface area contributed by atoms with Crippen LogP contribution >= 0.6 is 0 Å². The molecule has 1 atom stereocenters. The molecule has 0 spiro atoms. The number of anilines is 1. The standard InChI is InChI=1S/C34H37N3O5S/c1-25-10-14-28(15-11-25)23-36(32(34(39)35-3)22-27-8-6-5-7-9-27)33(38)24-37(29-16-12-26(2)13-17-29)43(40,41)31-20-18-30(42-4)19-21-31/h5-21,32H,22-24H2,1-4H3,(H,35,39)/t32-/m0/s1. The SMILES string of the molecule is CNC(=O)[C@H](Cc1ccccc1)N(Cc1ccc(C)cc1)C(=O)CN(c1ccc(C)cc1)S(=O)(=O)c1ccc(OC)cc1. The van der Waals surface area contributed by atoms with Crippen molar-refractivity contribution in [1.82, 2.24) is 10.2 Å². The molecular formula is C34H37N3O5S. The fraction of sp³-hybridized carbons (Fsp3) is 0.235. The van der Waals surface area contributed by atoms with E-state index in [0.29, 0.717) is 11.4 Å². The zero-order chi connectivity index (χ0) is 31.0. The molecule has 0 unspecified atom stereocenters. The summed E-state index contributed by atoms with van der Waals surface area (Å²) in [6.07, 6.45) is 0.258. The number of nitrogens with one attached hydrogen (secondary N) is 1. The van der Waals surface area contributed by atoms with E-state index < -0.39 is 28.5 Å². The highest BCUT2D eigenvalue weighted by atomic mass is 32.2. The summed E-state index contributed by atoms with van der Waals surface area (Å²) < 4.78 is 34.4. The lowest BCUT2D eigenvalue weighted by Gasteiger charge is -2.33. The van der Waals surface area contributed by atoms with E-state index in [1.54, 1.807) is 36.4 Å². The molecule has 0 aromatic heterocycles. The van der Waals surface area contributed by atoms with Crippen LogP contribution < -0.4 is 14.4 Å². The highest BCUT2D eigenvalue weighted by Crippen LogP contribution is 2.26. The summed E-state index contributed by atoms with van der Waals surface area (Å²) in [5, 5.41) is 2.70. The number of benzene rings is 4. The first-order valence-corrected chi connectivity index (χ1v) is 15.4. The van der Waals surface area contributed by atoms with Crippen molar-refractivity contribution in [1.29, 1.82) is 0 Å². The quantitative estimate of drug-likeness (QED) is 0.250. The predicted octanol–water partition coefficient (Wildman–Crippen LogP) is 4.89. The second-order valence-corrected chi connectivity index (χ2v) is 12.2. The molecule has 0 bridgehead atoms. The molecule has 4 aromatic carbocycles. The summed E-state index contributed by atoms with van der Waals surface area (Å²) in [5.41, 5.74) is 4.04. The first-order valence-electron chi connectivity index (χ1n) is 14.0. The number of hydrogen-bond acceptors (Lipinski definition) is 5. The molecule has 0 aliphatic carbocycles. The van der Waals surface area contributed by atoms with Crippen molar-refractivity contribution in [2.45, 2.75) is 37.8 Å². The molecule has 9 heteroatoms. The van der Waals surface area contributed by atoms with Crippen LogP contribution in [-0.4, -0.2) is 51.9 Å². The fourth-order valence-corrected chi connectivity index (χ4v) is 6.14. The number of rotatable bonds is 12. The zero-order valence-electron chi connectivity index (χ0n) is 24.9. The molecule has 2 amide bonds. The first kappa shape index (κ1) is 31.3. The lowest BCUT2D eigenvalue weighted by atomic mass is 10.0. The number of amides is 2. The Labute approximate surface area is 254 Å². The van der Waals surface area contributed by atoms with Gasteiger partial charge in [0.05, 0.1) is 17.7 Å². The molecule has 43 heavy (non-hydrogen) atoms. The van der Waals surface area contributed by atoms with Gasteiger partial charge in [-0.05, 0) is 61.4 Å². The highest BCUT2D eigenvalue weighted by Gasteiger charge is 2.34. The van der Waals surface area contributed by atoms with E-state index in [2.05, 4.69) is 5.32 Å². The minimum Gasteiger partial charge on any atom is -0.497 e. The minimum atomic E-state index is -4.18. The molecule has 0 aliphatic rings. The largest absolute Gasteiger partial charge is 0.497 e. The molecule has 4 aromatic rings. The third-order valence-electron chi connectivity index (χ3n) is 7.24. The van der Waals surface area contributed by atoms with Crippen LogP contribution in [0.15, 0.2) is 108 Å². The first-order chi connectivity index (χ1) is 20.6. The Balaban J connectivity index is 1.77. The van der Waals surface area contributed by atoms with Crippen LogP contribution in [0.2, 0.25) is 0 Å². The van der Waals surface area contributed by atoms with Crippen molar-refractivity contribution in [3.8, 4) is 5.75 Å². The van der Waals surface area contributed by atoms with Crippen molar-refractivity contribution in [3.05, 3.63) is 125 Å². The van der Waals surface area contributed by atoms with Gasteiger partial charge in [-0.1, -0.05) is 77.9 Å². The second kappa shape index (κ2) is 14.0. The molecule has 0 saturated heterocycles. The van der Waals surface area contributed by atoms with E-state index in [4.69, 9.17) is 4.74 Å². The van der Waals surface area contributed by atoms with Crippen LogP contribution in [0.25, 0.3) is 0 Å². The Kier molecular flexibility index (Phi) is 10.2. The van der Waals surface area contributed by atoms with Crippen LogP contribution in [-0.2, 0) is 32.6 Å². The zero-order valence-corrected chi connectivity index (χ0v) is 25.7. The Morgan fingerprint density at radius 1 is 0.791 bits per heavy atom. The smallest absolute Gasteiger partial charge is 0.264 e. The Morgan fingerprint density at radius 2 is 1.37 bits per heavy atom. The number of likely N-dealkylation sites (N-methyl/N-ethyl adjacent to an activating group) is 1. The van der Waals surface area contributed by atoms with Gasteiger partial charge in [-0.3, -0.25) is 13.9 Å². The van der Waals surface area contributed by atoms with Crippen molar-refractivity contribution in [2.75, 3.05) is 25.0 Å². The molecule has 0 aliphatic heterocycles. The maximum Gasteiger partial charge on any atom is 0.264 e. The number of carbonyl (C=O) groups excluding carboxylic acids is 2. The maximum absolute atomic E-state index is 14.3. The molecule has 224 valence electrons. The van der Waals surface area contributed by atoms with Gasteiger partial charge >= 0.3 is 0 Å². The molecule has 1 N–H and O–H groups in total. The fourth-order valence-electron chi connectivity index (χ4n) is 4.73. The van der Waals surface area contributed by atoms with Gasteiger partial charge < -0.3 is 15.0 Å². The lowest BCUT2D eigenvalue weighted by molar-refractivity contribution is -0.139. The molecular weight excluding hydrogens is 562 g/mol. The van der Waals surface area contributed by atoms with Gasteiger partial charge in [0.15, 0.2) is 0 Å². The van der Waals surface area contributed by atoms with Gasteiger partial charge in [0.1, 0.15) is 18.3 Å². The monoisotopic (exact) mass is 599 g/mol. The Bertz CT molecular complexity index is 1620. The highest BCUT2D eigenvalue weighted by molar-refractivity contribution is 7.92. The van der Waals surface area contributed by atoms with Crippen LogP contribution in [0.4, 0.5) is 5.69 Å². The maximum atomic E-state index is 14.3. The van der Waals surface area contributed by atoms with Gasteiger partial charge in [-0.25, -0.2) is 8.42 Å². The average Bonchev–Trinajstić information content (AvgIpc) is 3.03. The number of nitrogens with zero attached hydrogens (tertiary/aromatic N) is 2. The molecule has 8 nitrogen and oxygen atoms in total. The molecule has 0 fully saturated rings. The van der Waals surface area contributed by atoms with E-state index in [-0.39, 0.29) is 23.8 Å². The molecule has 0 saturated carbocycles. The van der Waals surface area contributed by atoms with Crippen LogP contribution in [0, 0.1) is 13.8 Å². The van der Waals surface area contributed by atoms with E-state index in [9.17, 15) is 18.0 Å². The van der Waals surface area contributed by atoms with Crippen LogP contribution in [0.3, 0.4) is 0 Å². The van der Waals surface area contributed by atoms with Crippen molar-refractivity contribution in [2.24, 2.45) is 0 Å². The summed E-state index contributed by atoms with van der Waals surface area (Å²) in [7, 11) is -1.15. The summed E-state index contributed by atoms with van der Waals surface area (Å²) in [6.45, 7) is 3.48. The lowest BCUT2D eigenvalue weighted by Crippen LogP contribution is -2.53. The normalized spacial score (nSPS) is 11.8. The predicted molar refractivity (Wildman–Crippen MR) is 168 cm³/mol.